The number of carbonyl (C=O) groups is 1. The van der Waals surface area contributed by atoms with Crippen molar-refractivity contribution in [1.82, 2.24) is 9.97 Å². The number of aromatic nitrogens is 2. The van der Waals surface area contributed by atoms with Crippen LogP contribution in [0, 0.1) is 13.8 Å². The molecule has 0 saturated heterocycles. The van der Waals surface area contributed by atoms with E-state index >= 15 is 0 Å². The lowest BCUT2D eigenvalue weighted by Gasteiger charge is -1.89. The van der Waals surface area contributed by atoms with Crippen molar-refractivity contribution in [3.05, 3.63) is 31.7 Å². The third kappa shape index (κ3) is 2.28. The Labute approximate surface area is 101 Å². The Bertz CT molecular complexity index is 531. The van der Waals surface area contributed by atoms with Gasteiger partial charge < -0.3 is 5.11 Å². The van der Waals surface area contributed by atoms with Crippen LogP contribution < -0.4 is 0 Å². The highest BCUT2D eigenvalue weighted by Gasteiger charge is 2.14. The smallest absolute Gasteiger partial charge is 0.347 e. The summed E-state index contributed by atoms with van der Waals surface area (Å²) in [5, 5.41) is 12.7. The molecule has 2 heterocycles. The van der Waals surface area contributed by atoms with Crippen LogP contribution in [0.15, 0.2) is 5.38 Å². The van der Waals surface area contributed by atoms with Crippen LogP contribution in [0.2, 0.25) is 0 Å². The van der Waals surface area contributed by atoms with Gasteiger partial charge in [-0.2, -0.15) is 0 Å². The Morgan fingerprint density at radius 2 is 2.12 bits per heavy atom. The molecule has 2 rings (SSSR count). The maximum Gasteiger partial charge on any atom is 0.347 e. The van der Waals surface area contributed by atoms with E-state index in [0.717, 1.165) is 15.7 Å². The molecule has 6 heteroatoms. The number of hydrogen-bond acceptors (Lipinski definition) is 5. The van der Waals surface area contributed by atoms with E-state index in [2.05, 4.69) is 9.97 Å². The number of carboxylic acids is 1. The summed E-state index contributed by atoms with van der Waals surface area (Å²) in [7, 11) is 0. The quantitative estimate of drug-likeness (QED) is 0.914. The van der Waals surface area contributed by atoms with Gasteiger partial charge in [-0.15, -0.1) is 22.7 Å². The molecule has 0 amide bonds. The summed E-state index contributed by atoms with van der Waals surface area (Å²) >= 11 is 2.80. The van der Waals surface area contributed by atoms with Gasteiger partial charge in [-0.25, -0.2) is 14.8 Å². The Hall–Kier alpha value is -1.27. The predicted molar refractivity (Wildman–Crippen MR) is 63.5 cm³/mol. The van der Waals surface area contributed by atoms with E-state index in [0.29, 0.717) is 17.0 Å². The number of carboxylic acid groups (broad SMARTS) is 1. The van der Waals surface area contributed by atoms with Crippen LogP contribution in [-0.4, -0.2) is 21.0 Å². The van der Waals surface area contributed by atoms with E-state index in [1.807, 2.05) is 12.3 Å². The second-order valence-corrected chi connectivity index (χ2v) is 5.41. The molecule has 0 aliphatic carbocycles. The van der Waals surface area contributed by atoms with E-state index in [9.17, 15) is 4.79 Å². The van der Waals surface area contributed by atoms with Gasteiger partial charge >= 0.3 is 5.97 Å². The lowest BCUT2D eigenvalue weighted by molar-refractivity contribution is 0.0701. The summed E-state index contributed by atoms with van der Waals surface area (Å²) in [4.78, 5) is 19.7. The predicted octanol–water partition coefficient (Wildman–Crippen LogP) is 2.51. The van der Waals surface area contributed by atoms with Crippen LogP contribution in [0.3, 0.4) is 0 Å². The maximum absolute atomic E-state index is 10.8. The lowest BCUT2D eigenvalue weighted by atomic mass is 10.4. The van der Waals surface area contributed by atoms with Gasteiger partial charge in [-0.3, -0.25) is 0 Å². The largest absolute Gasteiger partial charge is 0.477 e. The number of thiazole rings is 2. The number of aromatic carboxylic acids is 1. The summed E-state index contributed by atoms with van der Waals surface area (Å²) in [6.45, 7) is 3.66. The summed E-state index contributed by atoms with van der Waals surface area (Å²) in [6, 6.07) is 0. The van der Waals surface area contributed by atoms with Crippen LogP contribution in [0.4, 0.5) is 0 Å². The van der Waals surface area contributed by atoms with Crippen molar-refractivity contribution in [2.45, 2.75) is 20.3 Å². The molecule has 0 aliphatic rings. The maximum atomic E-state index is 10.8. The van der Waals surface area contributed by atoms with Gasteiger partial charge in [0, 0.05) is 11.1 Å². The van der Waals surface area contributed by atoms with E-state index in [-0.39, 0.29) is 0 Å². The van der Waals surface area contributed by atoms with Gasteiger partial charge in [0.05, 0.1) is 17.1 Å². The van der Waals surface area contributed by atoms with Crippen molar-refractivity contribution in [2.24, 2.45) is 0 Å². The first-order valence-electron chi connectivity index (χ1n) is 4.67. The third-order valence-corrected chi connectivity index (χ3v) is 4.12. The summed E-state index contributed by atoms with van der Waals surface area (Å²) < 4.78 is 0. The van der Waals surface area contributed by atoms with Crippen molar-refractivity contribution in [3.8, 4) is 0 Å². The molecule has 84 valence electrons. The average molecular weight is 254 g/mol. The fourth-order valence-electron chi connectivity index (χ4n) is 1.34. The molecule has 0 atom stereocenters. The molecule has 2 aromatic rings. The number of aryl methyl sites for hydroxylation is 2. The fraction of sp³-hybridized carbons (Fsp3) is 0.300. The Morgan fingerprint density at radius 3 is 2.62 bits per heavy atom. The molecular formula is C10H10N2O2S2. The molecule has 4 nitrogen and oxygen atoms in total. The Kier molecular flexibility index (Phi) is 3.02. The number of rotatable bonds is 3. The summed E-state index contributed by atoms with van der Waals surface area (Å²) in [6.07, 6.45) is 0.622. The van der Waals surface area contributed by atoms with Crippen molar-refractivity contribution in [3.63, 3.8) is 0 Å². The number of hydrogen-bond donors (Lipinski definition) is 1. The first-order valence-corrected chi connectivity index (χ1v) is 6.36. The van der Waals surface area contributed by atoms with Crippen LogP contribution in [0.1, 0.15) is 31.1 Å². The van der Waals surface area contributed by atoms with Crippen LogP contribution >= 0.6 is 22.7 Å². The molecule has 0 unspecified atom stereocenters. The van der Waals surface area contributed by atoms with E-state index in [1.165, 1.54) is 11.3 Å². The standard InChI is InChI=1S/C10H10N2O2S2/c1-5-4-15-7(11-5)3-8-12-6(2)9(16-8)10(13)14/h4H,3H2,1-2H3,(H,13,14). The highest BCUT2D eigenvalue weighted by atomic mass is 32.1. The molecule has 0 aliphatic heterocycles. The van der Waals surface area contributed by atoms with E-state index < -0.39 is 5.97 Å². The van der Waals surface area contributed by atoms with Crippen molar-refractivity contribution >= 4 is 28.6 Å². The van der Waals surface area contributed by atoms with Gasteiger partial charge in [0.2, 0.25) is 0 Å². The van der Waals surface area contributed by atoms with E-state index in [1.54, 1.807) is 18.3 Å². The van der Waals surface area contributed by atoms with Crippen molar-refractivity contribution in [1.29, 1.82) is 0 Å². The topological polar surface area (TPSA) is 63.1 Å². The second-order valence-electron chi connectivity index (χ2n) is 3.39. The minimum absolute atomic E-state index is 0.322. The van der Waals surface area contributed by atoms with Gasteiger partial charge in [0.1, 0.15) is 9.88 Å². The zero-order valence-corrected chi connectivity index (χ0v) is 10.5. The third-order valence-electron chi connectivity index (χ3n) is 2.00. The zero-order valence-electron chi connectivity index (χ0n) is 8.85. The summed E-state index contributed by atoms with van der Waals surface area (Å²) in [5.41, 5.74) is 1.58. The molecule has 1 N–H and O–H groups in total. The fourth-order valence-corrected chi connectivity index (χ4v) is 3.11. The highest BCUT2D eigenvalue weighted by Crippen LogP contribution is 2.22. The molecular weight excluding hydrogens is 244 g/mol. The molecule has 0 bridgehead atoms. The minimum Gasteiger partial charge on any atom is -0.477 e. The van der Waals surface area contributed by atoms with Gasteiger partial charge in [-0.05, 0) is 13.8 Å². The molecule has 2 aromatic heterocycles. The average Bonchev–Trinajstić information content (AvgIpc) is 2.73. The Morgan fingerprint density at radius 1 is 1.38 bits per heavy atom. The first kappa shape index (κ1) is 11.2. The monoisotopic (exact) mass is 254 g/mol. The molecule has 0 aromatic carbocycles. The number of nitrogens with zero attached hydrogens (tertiary/aromatic N) is 2. The molecule has 16 heavy (non-hydrogen) atoms. The zero-order chi connectivity index (χ0) is 11.7. The normalized spacial score (nSPS) is 10.6. The van der Waals surface area contributed by atoms with Crippen molar-refractivity contribution in [2.75, 3.05) is 0 Å². The van der Waals surface area contributed by atoms with Gasteiger partial charge in [0.25, 0.3) is 0 Å². The highest BCUT2D eigenvalue weighted by molar-refractivity contribution is 7.14. The van der Waals surface area contributed by atoms with Gasteiger partial charge in [0.15, 0.2) is 0 Å². The molecule has 0 radical (unpaired) electrons. The Balaban J connectivity index is 2.22. The lowest BCUT2D eigenvalue weighted by Crippen LogP contribution is -1.94. The first-order chi connectivity index (χ1) is 7.56. The van der Waals surface area contributed by atoms with E-state index in [4.69, 9.17) is 5.11 Å². The second kappa shape index (κ2) is 4.31. The van der Waals surface area contributed by atoms with Crippen LogP contribution in [0.25, 0.3) is 0 Å². The van der Waals surface area contributed by atoms with Crippen LogP contribution in [0.5, 0.6) is 0 Å². The van der Waals surface area contributed by atoms with Gasteiger partial charge in [-0.1, -0.05) is 0 Å². The van der Waals surface area contributed by atoms with Crippen LogP contribution in [-0.2, 0) is 6.42 Å². The molecule has 0 fully saturated rings. The molecule has 0 spiro atoms. The summed E-state index contributed by atoms with van der Waals surface area (Å²) in [5.74, 6) is -0.906. The molecule has 0 saturated carbocycles. The minimum atomic E-state index is -0.906. The van der Waals surface area contributed by atoms with Crippen molar-refractivity contribution < 1.29 is 9.90 Å². The SMILES string of the molecule is Cc1csc(Cc2nc(C)c(C(=O)O)s2)n1.